The molecule has 2 atom stereocenters. The fraction of sp³-hybridized carbons (Fsp3) is 0.562. The minimum absolute atomic E-state index is 0.293. The highest BCUT2D eigenvalue weighted by Gasteiger charge is 2.47. The monoisotopic (exact) mass is 245 g/mol. The van der Waals surface area contributed by atoms with E-state index in [-0.39, 0.29) is 0 Å². The van der Waals surface area contributed by atoms with Gasteiger partial charge in [0.1, 0.15) is 0 Å². The molecule has 98 valence electrons. The van der Waals surface area contributed by atoms with Crippen LogP contribution in [0.1, 0.15) is 34.6 Å². The van der Waals surface area contributed by atoms with Crippen molar-refractivity contribution in [2.45, 2.75) is 40.7 Å². The molecule has 0 unspecified atom stereocenters. The van der Waals surface area contributed by atoms with Crippen molar-refractivity contribution in [3.63, 3.8) is 0 Å². The molecule has 2 nitrogen and oxygen atoms in total. The Labute approximate surface area is 111 Å². The number of hydrogen-bond donors (Lipinski definition) is 0. The summed E-state index contributed by atoms with van der Waals surface area (Å²) in [5.41, 5.74) is 3.00. The molecular formula is C16H25N2+. The van der Waals surface area contributed by atoms with Gasteiger partial charge in [0.05, 0.1) is 19.0 Å². The third-order valence-electron chi connectivity index (χ3n) is 4.11. The highest BCUT2D eigenvalue weighted by molar-refractivity contribution is 5.83. The topological polar surface area (TPSA) is 6.25 Å². The zero-order valence-electron chi connectivity index (χ0n) is 12.4. The zero-order valence-corrected chi connectivity index (χ0v) is 12.4. The van der Waals surface area contributed by atoms with E-state index in [2.05, 4.69) is 81.7 Å². The Kier molecular flexibility index (Phi) is 3.22. The number of nitrogens with zero attached hydrogens (tertiary/aromatic N) is 2. The predicted octanol–water partition coefficient (Wildman–Crippen LogP) is 3.70. The predicted molar refractivity (Wildman–Crippen MR) is 77.2 cm³/mol. The Bertz CT molecular complexity index is 454. The van der Waals surface area contributed by atoms with E-state index in [4.69, 9.17) is 0 Å². The Morgan fingerprint density at radius 3 is 2.11 bits per heavy atom. The molecule has 0 saturated heterocycles. The van der Waals surface area contributed by atoms with Crippen LogP contribution in [-0.2, 0) is 0 Å². The summed E-state index contributed by atoms with van der Waals surface area (Å²) >= 11 is 0. The van der Waals surface area contributed by atoms with Crippen molar-refractivity contribution in [3.8, 4) is 0 Å². The second-order valence-corrected chi connectivity index (χ2v) is 6.45. The van der Waals surface area contributed by atoms with Crippen LogP contribution in [0.25, 0.3) is 0 Å². The molecule has 1 aliphatic heterocycles. The third kappa shape index (κ3) is 2.05. The Morgan fingerprint density at radius 1 is 1.11 bits per heavy atom. The van der Waals surface area contributed by atoms with Crippen molar-refractivity contribution < 1.29 is 4.68 Å². The number of rotatable bonds is 1. The third-order valence-corrected chi connectivity index (χ3v) is 4.11. The van der Waals surface area contributed by atoms with Crippen molar-refractivity contribution in [1.82, 2.24) is 5.01 Å². The van der Waals surface area contributed by atoms with E-state index in [9.17, 15) is 0 Å². The van der Waals surface area contributed by atoms with Crippen molar-refractivity contribution >= 4 is 11.4 Å². The van der Waals surface area contributed by atoms with Gasteiger partial charge in [-0.1, -0.05) is 43.7 Å². The van der Waals surface area contributed by atoms with Crippen molar-refractivity contribution in [2.75, 3.05) is 7.05 Å². The van der Waals surface area contributed by atoms with Gasteiger partial charge in [-0.3, -0.25) is 0 Å². The highest BCUT2D eigenvalue weighted by Crippen LogP contribution is 2.37. The Morgan fingerprint density at radius 2 is 1.67 bits per heavy atom. The molecule has 1 aromatic carbocycles. The van der Waals surface area contributed by atoms with Crippen LogP contribution in [0.2, 0.25) is 0 Å². The summed E-state index contributed by atoms with van der Waals surface area (Å²) < 4.78 is 2.36. The molecule has 2 rings (SSSR count). The average molecular weight is 245 g/mol. The van der Waals surface area contributed by atoms with Crippen LogP contribution >= 0.6 is 0 Å². The van der Waals surface area contributed by atoms with Crippen LogP contribution in [0.5, 0.6) is 0 Å². The van der Waals surface area contributed by atoms with E-state index in [1.54, 1.807) is 0 Å². The van der Waals surface area contributed by atoms with E-state index in [1.165, 1.54) is 11.4 Å². The second-order valence-electron chi connectivity index (χ2n) is 6.45. The number of hydrazine groups is 1. The lowest BCUT2D eigenvalue weighted by atomic mass is 9.75. The summed E-state index contributed by atoms with van der Waals surface area (Å²) in [6.45, 7) is 11.6. The lowest BCUT2D eigenvalue weighted by Crippen LogP contribution is -2.37. The molecule has 0 amide bonds. The first-order valence-corrected chi connectivity index (χ1v) is 6.75. The molecule has 0 bridgehead atoms. The van der Waals surface area contributed by atoms with Crippen LogP contribution in [-0.4, -0.2) is 28.5 Å². The normalized spacial score (nSPS) is 24.9. The summed E-state index contributed by atoms with van der Waals surface area (Å²) in [6, 6.07) is 11.2. The Hall–Kier alpha value is -1.31. The van der Waals surface area contributed by atoms with Crippen LogP contribution in [0, 0.1) is 11.3 Å². The molecule has 0 fully saturated rings. The van der Waals surface area contributed by atoms with Crippen LogP contribution in [0.15, 0.2) is 30.3 Å². The maximum atomic E-state index is 2.36. The fourth-order valence-corrected chi connectivity index (χ4v) is 3.43. The average Bonchev–Trinajstić information content (AvgIpc) is 2.50. The summed E-state index contributed by atoms with van der Waals surface area (Å²) in [5.74, 6) is 0.586. The molecule has 2 heteroatoms. The minimum atomic E-state index is 0.293. The quantitative estimate of drug-likeness (QED) is 0.684. The number of benzene rings is 1. The lowest BCUT2D eigenvalue weighted by Gasteiger charge is -2.28. The molecule has 0 radical (unpaired) electrons. The van der Waals surface area contributed by atoms with Crippen molar-refractivity contribution in [3.05, 3.63) is 30.3 Å². The molecule has 0 saturated carbocycles. The molecule has 18 heavy (non-hydrogen) atoms. The molecule has 0 spiro atoms. The molecule has 0 N–H and O–H groups in total. The maximum absolute atomic E-state index is 2.36. The summed E-state index contributed by atoms with van der Waals surface area (Å²) in [5, 5.41) is 2.36. The van der Waals surface area contributed by atoms with Gasteiger partial charge in [0.15, 0.2) is 5.71 Å². The number of hydrogen-bond acceptors (Lipinski definition) is 1. The molecule has 0 aromatic heterocycles. The number of hydrazone groups is 1. The van der Waals surface area contributed by atoms with Gasteiger partial charge in [0.25, 0.3) is 0 Å². The van der Waals surface area contributed by atoms with E-state index < -0.39 is 0 Å². The number of para-hydroxylation sites is 1. The van der Waals surface area contributed by atoms with Gasteiger partial charge in [0.2, 0.25) is 5.69 Å². The molecule has 1 aromatic rings. The summed E-state index contributed by atoms with van der Waals surface area (Å²) in [7, 11) is 2.19. The minimum Gasteiger partial charge on any atom is -0.180 e. The van der Waals surface area contributed by atoms with E-state index in [0.717, 1.165) is 0 Å². The SMILES string of the molecule is CC1=[N+](c2ccccc2)N(C)[C@H](C)[C@H]1C(C)(C)C. The van der Waals surface area contributed by atoms with Crippen LogP contribution < -0.4 is 0 Å². The lowest BCUT2D eigenvalue weighted by molar-refractivity contribution is -0.613. The maximum Gasteiger partial charge on any atom is 0.235 e. The zero-order chi connectivity index (χ0) is 13.5. The molecule has 1 heterocycles. The van der Waals surface area contributed by atoms with E-state index in [1.807, 2.05) is 0 Å². The first-order valence-electron chi connectivity index (χ1n) is 6.75. The first kappa shape index (κ1) is 13.1. The van der Waals surface area contributed by atoms with Gasteiger partial charge in [-0.25, -0.2) is 0 Å². The molecule has 0 aliphatic carbocycles. The summed E-state index contributed by atoms with van der Waals surface area (Å²) in [4.78, 5) is 0. The highest BCUT2D eigenvalue weighted by atomic mass is 15.6. The van der Waals surface area contributed by atoms with Crippen LogP contribution in [0.3, 0.4) is 0 Å². The van der Waals surface area contributed by atoms with Gasteiger partial charge in [-0.05, 0) is 12.3 Å². The van der Waals surface area contributed by atoms with Crippen LogP contribution in [0.4, 0.5) is 5.69 Å². The van der Waals surface area contributed by atoms with Crippen molar-refractivity contribution in [2.24, 2.45) is 11.3 Å². The van der Waals surface area contributed by atoms with E-state index >= 15 is 0 Å². The van der Waals surface area contributed by atoms with E-state index in [0.29, 0.717) is 17.4 Å². The van der Waals surface area contributed by atoms with Crippen molar-refractivity contribution in [1.29, 1.82) is 0 Å². The first-order chi connectivity index (χ1) is 8.34. The fourth-order valence-electron chi connectivity index (χ4n) is 3.43. The van der Waals surface area contributed by atoms with Gasteiger partial charge < -0.3 is 0 Å². The molecular weight excluding hydrogens is 220 g/mol. The largest absolute Gasteiger partial charge is 0.235 e. The van der Waals surface area contributed by atoms with Gasteiger partial charge in [-0.2, -0.15) is 5.01 Å². The second kappa shape index (κ2) is 4.42. The smallest absolute Gasteiger partial charge is 0.180 e. The summed E-state index contributed by atoms with van der Waals surface area (Å²) in [6.07, 6.45) is 0. The molecule has 1 aliphatic rings. The standard InChI is InChI=1S/C16H25N2/c1-12-15(16(3,4)5)13(2)18(17(12)6)14-10-8-7-9-11-14/h7-12,15H,1-6H3/q+1/t12-,15-/m1/s1. The van der Waals surface area contributed by atoms with Gasteiger partial charge >= 0.3 is 0 Å². The Balaban J connectivity index is 2.50. The van der Waals surface area contributed by atoms with Gasteiger partial charge in [0, 0.05) is 19.1 Å². The van der Waals surface area contributed by atoms with Gasteiger partial charge in [-0.15, -0.1) is 0 Å².